The van der Waals surface area contributed by atoms with E-state index in [9.17, 15) is 0 Å². The maximum absolute atomic E-state index is 8.90. The maximum Gasteiger partial charge on any atom is 0.0871 e. The van der Waals surface area contributed by atoms with Gasteiger partial charge in [-0.15, -0.1) is 0 Å². The number of nitrogens with zero attached hydrogens (tertiary/aromatic N) is 2. The molecule has 0 aliphatic heterocycles. The predicted molar refractivity (Wildman–Crippen MR) is 43.6 cm³/mol. The highest BCUT2D eigenvalue weighted by molar-refractivity contribution is 6.31. The van der Waals surface area contributed by atoms with E-state index in [0.29, 0.717) is 10.7 Å². The number of rotatable bonds is 2. The molecule has 0 amide bonds. The van der Waals surface area contributed by atoms with Gasteiger partial charge in [-0.05, 0) is 13.8 Å². The molecular weight excluding hydrogens is 164 g/mol. The summed E-state index contributed by atoms with van der Waals surface area (Å²) in [6.45, 7) is 4.48. The first kappa shape index (κ1) is 8.56. The van der Waals surface area contributed by atoms with Crippen molar-refractivity contribution in [2.45, 2.75) is 27.0 Å². The van der Waals surface area contributed by atoms with E-state index in [1.54, 1.807) is 4.68 Å². The minimum atomic E-state index is -0.0481. The smallest absolute Gasteiger partial charge is 0.0871 e. The summed E-state index contributed by atoms with van der Waals surface area (Å²) in [7, 11) is 0. The molecule has 4 heteroatoms. The largest absolute Gasteiger partial charge is 0.390 e. The van der Waals surface area contributed by atoms with Crippen molar-refractivity contribution in [2.24, 2.45) is 0 Å². The molecule has 1 rings (SSSR count). The van der Waals surface area contributed by atoms with Crippen LogP contribution in [-0.2, 0) is 13.2 Å². The highest BCUT2D eigenvalue weighted by Gasteiger charge is 2.10. The first-order chi connectivity index (χ1) is 5.20. The molecule has 1 aromatic heterocycles. The molecule has 0 unspecified atom stereocenters. The molecule has 0 saturated carbocycles. The van der Waals surface area contributed by atoms with Crippen LogP contribution in [-0.4, -0.2) is 14.9 Å². The van der Waals surface area contributed by atoms with Gasteiger partial charge in [-0.1, -0.05) is 11.6 Å². The van der Waals surface area contributed by atoms with Crippen LogP contribution in [0, 0.1) is 6.92 Å². The molecule has 62 valence electrons. The predicted octanol–water partition coefficient (Wildman–Crippen LogP) is 1.36. The van der Waals surface area contributed by atoms with Gasteiger partial charge < -0.3 is 5.11 Å². The Labute approximate surface area is 70.6 Å². The minimum absolute atomic E-state index is 0.0481. The van der Waals surface area contributed by atoms with Crippen LogP contribution in [0.4, 0.5) is 0 Å². The lowest BCUT2D eigenvalue weighted by Crippen LogP contribution is -2.02. The summed E-state index contributed by atoms with van der Waals surface area (Å²) in [6, 6.07) is 0. The summed E-state index contributed by atoms with van der Waals surface area (Å²) in [6.07, 6.45) is 0. The van der Waals surface area contributed by atoms with Gasteiger partial charge in [-0.2, -0.15) is 5.10 Å². The molecule has 0 spiro atoms. The van der Waals surface area contributed by atoms with Crippen LogP contribution in [0.25, 0.3) is 0 Å². The first-order valence-electron chi connectivity index (χ1n) is 3.53. The second-order valence-electron chi connectivity index (χ2n) is 2.32. The molecule has 1 aromatic rings. The Hall–Kier alpha value is -0.540. The number of hydrogen-bond acceptors (Lipinski definition) is 2. The van der Waals surface area contributed by atoms with Crippen LogP contribution < -0.4 is 0 Å². The van der Waals surface area contributed by atoms with Gasteiger partial charge in [0.15, 0.2) is 0 Å². The Balaban J connectivity index is 3.15. The standard InChI is InChI=1S/C7H11ClN2O/c1-3-10-6(4-11)7(8)5(2)9-10/h11H,3-4H2,1-2H3. The highest BCUT2D eigenvalue weighted by atomic mass is 35.5. The van der Waals surface area contributed by atoms with Crippen molar-refractivity contribution >= 4 is 11.6 Å². The zero-order valence-electron chi connectivity index (χ0n) is 6.63. The van der Waals surface area contributed by atoms with Crippen LogP contribution in [0.3, 0.4) is 0 Å². The number of aliphatic hydroxyl groups is 1. The molecule has 1 heterocycles. The van der Waals surface area contributed by atoms with Gasteiger partial charge in [0.05, 0.1) is 23.0 Å². The number of aliphatic hydroxyl groups excluding tert-OH is 1. The molecule has 0 aliphatic rings. The Morgan fingerprint density at radius 1 is 1.64 bits per heavy atom. The van der Waals surface area contributed by atoms with E-state index in [-0.39, 0.29) is 6.61 Å². The van der Waals surface area contributed by atoms with Crippen LogP contribution in [0.5, 0.6) is 0 Å². The van der Waals surface area contributed by atoms with E-state index in [4.69, 9.17) is 16.7 Å². The monoisotopic (exact) mass is 174 g/mol. The average molecular weight is 175 g/mol. The molecule has 0 aromatic carbocycles. The molecule has 0 fully saturated rings. The molecule has 1 N–H and O–H groups in total. The lowest BCUT2D eigenvalue weighted by Gasteiger charge is -1.99. The van der Waals surface area contributed by atoms with Gasteiger partial charge in [-0.3, -0.25) is 4.68 Å². The summed E-state index contributed by atoms with van der Waals surface area (Å²) >= 11 is 5.85. The third kappa shape index (κ3) is 1.39. The Kier molecular flexibility index (Phi) is 2.52. The van der Waals surface area contributed by atoms with Crippen LogP contribution in [0.15, 0.2) is 0 Å². The Bertz CT molecular complexity index is 257. The molecule has 0 bridgehead atoms. The first-order valence-corrected chi connectivity index (χ1v) is 3.91. The van der Waals surface area contributed by atoms with Gasteiger partial charge in [0.25, 0.3) is 0 Å². The zero-order valence-corrected chi connectivity index (χ0v) is 7.39. The van der Waals surface area contributed by atoms with E-state index >= 15 is 0 Å². The SMILES string of the molecule is CCn1nc(C)c(Cl)c1CO. The van der Waals surface area contributed by atoms with Gasteiger partial charge in [-0.25, -0.2) is 0 Å². The number of hydrogen-bond donors (Lipinski definition) is 1. The van der Waals surface area contributed by atoms with Crippen LogP contribution >= 0.6 is 11.6 Å². The van der Waals surface area contributed by atoms with E-state index in [2.05, 4.69) is 5.10 Å². The third-order valence-electron chi connectivity index (χ3n) is 1.60. The molecule has 0 saturated heterocycles. The molecular formula is C7H11ClN2O. The summed E-state index contributed by atoms with van der Waals surface area (Å²) in [5, 5.41) is 13.6. The number of aromatic nitrogens is 2. The van der Waals surface area contributed by atoms with Crippen molar-refractivity contribution in [3.8, 4) is 0 Å². The minimum Gasteiger partial charge on any atom is -0.390 e. The van der Waals surface area contributed by atoms with Gasteiger partial charge in [0.2, 0.25) is 0 Å². The number of aryl methyl sites for hydroxylation is 2. The van der Waals surface area contributed by atoms with Crippen molar-refractivity contribution < 1.29 is 5.11 Å². The van der Waals surface area contributed by atoms with Gasteiger partial charge in [0, 0.05) is 6.54 Å². The van der Waals surface area contributed by atoms with E-state index in [1.807, 2.05) is 13.8 Å². The highest BCUT2D eigenvalue weighted by Crippen LogP contribution is 2.19. The lowest BCUT2D eigenvalue weighted by atomic mass is 10.4. The molecule has 0 aliphatic carbocycles. The van der Waals surface area contributed by atoms with Crippen LogP contribution in [0.1, 0.15) is 18.3 Å². The zero-order chi connectivity index (χ0) is 8.43. The molecule has 0 atom stereocenters. The van der Waals surface area contributed by atoms with E-state index < -0.39 is 0 Å². The molecule has 11 heavy (non-hydrogen) atoms. The second kappa shape index (κ2) is 3.24. The number of halogens is 1. The van der Waals surface area contributed by atoms with Crippen molar-refractivity contribution in [3.63, 3.8) is 0 Å². The Morgan fingerprint density at radius 3 is 2.64 bits per heavy atom. The molecule has 0 radical (unpaired) electrons. The topological polar surface area (TPSA) is 38.0 Å². The summed E-state index contributed by atoms with van der Waals surface area (Å²) in [5.41, 5.74) is 1.48. The maximum atomic E-state index is 8.90. The Morgan fingerprint density at radius 2 is 2.27 bits per heavy atom. The van der Waals surface area contributed by atoms with Crippen LogP contribution in [0.2, 0.25) is 5.02 Å². The third-order valence-corrected chi connectivity index (χ3v) is 2.09. The molecule has 3 nitrogen and oxygen atoms in total. The quantitative estimate of drug-likeness (QED) is 0.735. The van der Waals surface area contributed by atoms with Crippen molar-refractivity contribution in [1.29, 1.82) is 0 Å². The van der Waals surface area contributed by atoms with Gasteiger partial charge >= 0.3 is 0 Å². The lowest BCUT2D eigenvalue weighted by molar-refractivity contribution is 0.268. The van der Waals surface area contributed by atoms with E-state index in [1.165, 1.54) is 0 Å². The van der Waals surface area contributed by atoms with Crippen molar-refractivity contribution in [1.82, 2.24) is 9.78 Å². The fourth-order valence-electron chi connectivity index (χ4n) is 1.02. The fraction of sp³-hybridized carbons (Fsp3) is 0.571. The normalized spacial score (nSPS) is 10.5. The van der Waals surface area contributed by atoms with Gasteiger partial charge in [0.1, 0.15) is 0 Å². The fourth-order valence-corrected chi connectivity index (χ4v) is 1.22. The van der Waals surface area contributed by atoms with Crippen molar-refractivity contribution in [2.75, 3.05) is 0 Å². The summed E-state index contributed by atoms with van der Waals surface area (Å²) in [4.78, 5) is 0. The average Bonchev–Trinajstić information content (AvgIpc) is 2.28. The summed E-state index contributed by atoms with van der Waals surface area (Å²) in [5.74, 6) is 0. The second-order valence-corrected chi connectivity index (χ2v) is 2.70. The van der Waals surface area contributed by atoms with Crippen molar-refractivity contribution in [3.05, 3.63) is 16.4 Å². The summed E-state index contributed by atoms with van der Waals surface area (Å²) < 4.78 is 1.71. The van der Waals surface area contributed by atoms with E-state index in [0.717, 1.165) is 12.2 Å².